The normalized spacial score (nSPS) is 26.1. The summed E-state index contributed by atoms with van der Waals surface area (Å²) in [4.78, 5) is 22.1. The molecule has 3 N–H and O–H groups in total. The van der Waals surface area contributed by atoms with Crippen LogP contribution in [0.25, 0.3) is 0 Å². The Labute approximate surface area is 90.0 Å². The number of nitrogens with one attached hydrogen (secondary N) is 1. The van der Waals surface area contributed by atoms with Crippen molar-refractivity contribution in [2.45, 2.75) is 32.6 Å². The molecule has 1 aliphatic carbocycles. The van der Waals surface area contributed by atoms with Gasteiger partial charge in [-0.15, -0.1) is 12.4 Å². The summed E-state index contributed by atoms with van der Waals surface area (Å²) < 4.78 is 0. The molecular weight excluding hydrogens is 204 g/mol. The number of nitrogens with two attached hydrogens (primary N) is 1. The molecule has 0 spiro atoms. The number of ketones is 1. The monoisotopic (exact) mass is 220 g/mol. The second-order valence-corrected chi connectivity index (χ2v) is 3.67. The Hall–Kier alpha value is -0.610. The highest BCUT2D eigenvalue weighted by Crippen LogP contribution is 2.29. The van der Waals surface area contributed by atoms with Crippen LogP contribution in [-0.2, 0) is 9.59 Å². The SMILES string of the molecule is CC(=O)C1CCC(C(=O)NN)CC1.Cl. The highest BCUT2D eigenvalue weighted by atomic mass is 35.5. The lowest BCUT2D eigenvalue weighted by molar-refractivity contribution is -0.128. The fraction of sp³-hybridized carbons (Fsp3) is 0.778. The van der Waals surface area contributed by atoms with E-state index in [1.54, 1.807) is 6.92 Å². The van der Waals surface area contributed by atoms with Gasteiger partial charge < -0.3 is 0 Å². The maximum Gasteiger partial charge on any atom is 0.236 e. The molecule has 0 bridgehead atoms. The Morgan fingerprint density at radius 3 is 1.93 bits per heavy atom. The minimum atomic E-state index is -0.0954. The molecule has 14 heavy (non-hydrogen) atoms. The minimum Gasteiger partial charge on any atom is -0.300 e. The lowest BCUT2D eigenvalue weighted by Gasteiger charge is -2.25. The number of amides is 1. The predicted octanol–water partition coefficient (Wildman–Crippen LogP) is 0.793. The molecule has 1 saturated carbocycles. The molecule has 4 nitrogen and oxygen atoms in total. The highest BCUT2D eigenvalue weighted by Gasteiger charge is 2.27. The van der Waals surface area contributed by atoms with Gasteiger partial charge in [-0.2, -0.15) is 0 Å². The molecular formula is C9H17ClN2O2. The van der Waals surface area contributed by atoms with Gasteiger partial charge in [0.25, 0.3) is 0 Å². The third kappa shape index (κ3) is 3.27. The van der Waals surface area contributed by atoms with Gasteiger partial charge in [0.1, 0.15) is 5.78 Å². The molecule has 0 atom stereocenters. The average molecular weight is 221 g/mol. The zero-order valence-corrected chi connectivity index (χ0v) is 9.10. The first-order chi connectivity index (χ1) is 6.15. The summed E-state index contributed by atoms with van der Waals surface area (Å²) >= 11 is 0. The molecule has 0 aromatic heterocycles. The van der Waals surface area contributed by atoms with Crippen molar-refractivity contribution in [1.29, 1.82) is 0 Å². The predicted molar refractivity (Wildman–Crippen MR) is 55.7 cm³/mol. The summed E-state index contributed by atoms with van der Waals surface area (Å²) in [5, 5.41) is 0. The minimum absolute atomic E-state index is 0. The standard InChI is InChI=1S/C9H16N2O2.ClH/c1-6(12)7-2-4-8(5-3-7)9(13)11-10;/h7-8H,2-5,10H2,1H3,(H,11,13);1H. The van der Waals surface area contributed by atoms with Gasteiger partial charge in [0, 0.05) is 11.8 Å². The van der Waals surface area contributed by atoms with Crippen molar-refractivity contribution < 1.29 is 9.59 Å². The summed E-state index contributed by atoms with van der Waals surface area (Å²) in [5.41, 5.74) is 2.15. The van der Waals surface area contributed by atoms with Gasteiger partial charge in [0.15, 0.2) is 0 Å². The maximum atomic E-state index is 11.1. The molecule has 5 heteroatoms. The lowest BCUT2D eigenvalue weighted by atomic mass is 9.80. The van der Waals surface area contributed by atoms with Crippen molar-refractivity contribution in [2.24, 2.45) is 17.7 Å². The fourth-order valence-corrected chi connectivity index (χ4v) is 1.88. The first-order valence-electron chi connectivity index (χ1n) is 4.66. The number of hydrazine groups is 1. The quantitative estimate of drug-likeness (QED) is 0.411. The fourth-order valence-electron chi connectivity index (χ4n) is 1.88. The van der Waals surface area contributed by atoms with Crippen LogP contribution in [0.15, 0.2) is 0 Å². The molecule has 0 aromatic carbocycles. The molecule has 0 saturated heterocycles. The van der Waals surface area contributed by atoms with E-state index in [0.29, 0.717) is 0 Å². The summed E-state index contributed by atoms with van der Waals surface area (Å²) in [7, 11) is 0. The second-order valence-electron chi connectivity index (χ2n) is 3.67. The molecule has 0 aromatic rings. The van der Waals surface area contributed by atoms with Gasteiger partial charge in [0.2, 0.25) is 5.91 Å². The van der Waals surface area contributed by atoms with Crippen molar-refractivity contribution in [1.82, 2.24) is 5.43 Å². The van der Waals surface area contributed by atoms with Crippen molar-refractivity contribution in [3.63, 3.8) is 0 Å². The molecule has 0 unspecified atom stereocenters. The average Bonchev–Trinajstić information content (AvgIpc) is 2.17. The summed E-state index contributed by atoms with van der Waals surface area (Å²) in [6.45, 7) is 1.62. The van der Waals surface area contributed by atoms with Crippen LogP contribution in [0.4, 0.5) is 0 Å². The number of halogens is 1. The van der Waals surface area contributed by atoms with E-state index >= 15 is 0 Å². The molecule has 0 aliphatic heterocycles. The Morgan fingerprint density at radius 2 is 1.57 bits per heavy atom. The highest BCUT2D eigenvalue weighted by molar-refractivity contribution is 5.85. The Kier molecular flexibility index (Phi) is 5.72. The van der Waals surface area contributed by atoms with Gasteiger partial charge >= 0.3 is 0 Å². The largest absolute Gasteiger partial charge is 0.300 e. The number of carbonyl (C=O) groups excluding carboxylic acids is 2. The number of hydrogen-bond donors (Lipinski definition) is 2. The van der Waals surface area contributed by atoms with Gasteiger partial charge in [-0.3, -0.25) is 15.0 Å². The van der Waals surface area contributed by atoms with Crippen LogP contribution in [0.3, 0.4) is 0 Å². The van der Waals surface area contributed by atoms with Crippen molar-refractivity contribution in [3.05, 3.63) is 0 Å². The second kappa shape index (κ2) is 5.98. The first kappa shape index (κ1) is 13.4. The van der Waals surface area contributed by atoms with Crippen LogP contribution in [0, 0.1) is 11.8 Å². The number of Topliss-reactive ketones (excluding diaryl/α,β-unsaturated/α-hetero) is 1. The van der Waals surface area contributed by atoms with Gasteiger partial charge in [-0.25, -0.2) is 5.84 Å². The lowest BCUT2D eigenvalue weighted by Crippen LogP contribution is -2.38. The van der Waals surface area contributed by atoms with E-state index in [2.05, 4.69) is 5.43 Å². The van der Waals surface area contributed by atoms with Crippen molar-refractivity contribution in [3.8, 4) is 0 Å². The van der Waals surface area contributed by atoms with E-state index in [9.17, 15) is 9.59 Å². The number of rotatable bonds is 2. The molecule has 0 heterocycles. The van der Waals surface area contributed by atoms with Gasteiger partial charge in [-0.05, 0) is 32.6 Å². The molecule has 0 radical (unpaired) electrons. The van der Waals surface area contributed by atoms with Crippen LogP contribution in [0.5, 0.6) is 0 Å². The third-order valence-corrected chi connectivity index (χ3v) is 2.82. The van der Waals surface area contributed by atoms with E-state index in [1.807, 2.05) is 0 Å². The molecule has 1 aliphatic rings. The smallest absolute Gasteiger partial charge is 0.236 e. The van der Waals surface area contributed by atoms with E-state index in [-0.39, 0.29) is 35.9 Å². The Morgan fingerprint density at radius 1 is 1.14 bits per heavy atom. The van der Waals surface area contributed by atoms with Crippen LogP contribution in [0.1, 0.15) is 32.6 Å². The van der Waals surface area contributed by atoms with E-state index < -0.39 is 0 Å². The van der Waals surface area contributed by atoms with Crippen molar-refractivity contribution >= 4 is 24.1 Å². The molecule has 1 rings (SSSR count). The van der Waals surface area contributed by atoms with E-state index in [4.69, 9.17) is 5.84 Å². The van der Waals surface area contributed by atoms with Gasteiger partial charge in [-0.1, -0.05) is 0 Å². The Balaban J connectivity index is 0.00000169. The van der Waals surface area contributed by atoms with Crippen LogP contribution in [-0.4, -0.2) is 11.7 Å². The molecule has 1 fully saturated rings. The van der Waals surface area contributed by atoms with Gasteiger partial charge in [0.05, 0.1) is 0 Å². The first-order valence-corrected chi connectivity index (χ1v) is 4.66. The van der Waals surface area contributed by atoms with Crippen LogP contribution in [0.2, 0.25) is 0 Å². The van der Waals surface area contributed by atoms with E-state index in [1.165, 1.54) is 0 Å². The van der Waals surface area contributed by atoms with E-state index in [0.717, 1.165) is 25.7 Å². The third-order valence-electron chi connectivity index (χ3n) is 2.82. The van der Waals surface area contributed by atoms with Crippen molar-refractivity contribution in [2.75, 3.05) is 0 Å². The number of hydrogen-bond acceptors (Lipinski definition) is 3. The topological polar surface area (TPSA) is 72.2 Å². The summed E-state index contributed by atoms with van der Waals surface area (Å²) in [6.07, 6.45) is 3.22. The summed E-state index contributed by atoms with van der Waals surface area (Å²) in [5.74, 6) is 5.36. The zero-order chi connectivity index (χ0) is 9.84. The van der Waals surface area contributed by atoms with Crippen LogP contribution < -0.4 is 11.3 Å². The number of carbonyl (C=O) groups is 2. The molecule has 82 valence electrons. The maximum absolute atomic E-state index is 11.1. The zero-order valence-electron chi connectivity index (χ0n) is 8.29. The molecule has 1 amide bonds. The van der Waals surface area contributed by atoms with Crippen LogP contribution >= 0.6 is 12.4 Å². The summed E-state index contributed by atoms with van der Waals surface area (Å²) in [6, 6.07) is 0. The Bertz CT molecular complexity index is 213.